The monoisotopic (exact) mass is 412 g/mol. The SMILES string of the molecule is COc1ccc(CN2CCC(C)CC2)cc1OC[C@H](O)CN(C)Cc1ccccc1. The first-order chi connectivity index (χ1) is 14.5. The third-order valence-corrected chi connectivity index (χ3v) is 5.76. The number of rotatable bonds is 10. The quantitative estimate of drug-likeness (QED) is 0.643. The van der Waals surface area contributed by atoms with E-state index >= 15 is 0 Å². The maximum Gasteiger partial charge on any atom is 0.161 e. The number of likely N-dealkylation sites (tertiary alicyclic amines) is 1. The lowest BCUT2D eigenvalue weighted by Crippen LogP contribution is -2.33. The Morgan fingerprint density at radius 2 is 1.80 bits per heavy atom. The molecule has 5 heteroatoms. The van der Waals surface area contributed by atoms with Crippen molar-refractivity contribution in [3.63, 3.8) is 0 Å². The summed E-state index contributed by atoms with van der Waals surface area (Å²) in [6.07, 6.45) is 1.96. The minimum absolute atomic E-state index is 0.236. The van der Waals surface area contributed by atoms with Gasteiger partial charge in [0.05, 0.1) is 7.11 Å². The van der Waals surface area contributed by atoms with Crippen LogP contribution in [0.3, 0.4) is 0 Å². The molecule has 0 saturated carbocycles. The van der Waals surface area contributed by atoms with Crippen molar-refractivity contribution < 1.29 is 14.6 Å². The number of benzene rings is 2. The van der Waals surface area contributed by atoms with Crippen molar-refractivity contribution in [2.75, 3.05) is 40.4 Å². The summed E-state index contributed by atoms with van der Waals surface area (Å²) in [5, 5.41) is 10.5. The molecule has 0 amide bonds. The lowest BCUT2D eigenvalue weighted by molar-refractivity contribution is 0.0732. The van der Waals surface area contributed by atoms with Gasteiger partial charge in [0.15, 0.2) is 11.5 Å². The fourth-order valence-electron chi connectivity index (χ4n) is 3.97. The average molecular weight is 413 g/mol. The molecule has 2 aromatic carbocycles. The van der Waals surface area contributed by atoms with Gasteiger partial charge in [-0.2, -0.15) is 0 Å². The Morgan fingerprint density at radius 3 is 2.50 bits per heavy atom. The Balaban J connectivity index is 1.51. The van der Waals surface area contributed by atoms with Crippen LogP contribution in [0.1, 0.15) is 30.9 Å². The van der Waals surface area contributed by atoms with Gasteiger partial charge in [-0.25, -0.2) is 0 Å². The molecular formula is C25H36N2O3. The molecule has 2 aromatic rings. The molecule has 0 aromatic heterocycles. The maximum absolute atomic E-state index is 10.5. The second kappa shape index (κ2) is 11.3. The Bertz CT molecular complexity index is 760. The molecule has 164 valence electrons. The number of hydrogen-bond acceptors (Lipinski definition) is 5. The van der Waals surface area contributed by atoms with Gasteiger partial charge >= 0.3 is 0 Å². The largest absolute Gasteiger partial charge is 0.493 e. The number of nitrogens with zero attached hydrogens (tertiary/aromatic N) is 2. The van der Waals surface area contributed by atoms with Crippen molar-refractivity contribution in [2.45, 2.75) is 39.0 Å². The number of aliphatic hydroxyl groups is 1. The highest BCUT2D eigenvalue weighted by atomic mass is 16.5. The van der Waals surface area contributed by atoms with E-state index in [9.17, 15) is 5.11 Å². The Hall–Kier alpha value is -2.08. The summed E-state index contributed by atoms with van der Waals surface area (Å²) >= 11 is 0. The van der Waals surface area contributed by atoms with Crippen LogP contribution in [0.5, 0.6) is 11.5 Å². The average Bonchev–Trinajstić information content (AvgIpc) is 2.74. The molecule has 0 aliphatic carbocycles. The van der Waals surface area contributed by atoms with Crippen LogP contribution in [0.4, 0.5) is 0 Å². The predicted molar refractivity (Wildman–Crippen MR) is 121 cm³/mol. The summed E-state index contributed by atoms with van der Waals surface area (Å²) in [5.41, 5.74) is 2.45. The van der Waals surface area contributed by atoms with Crippen molar-refractivity contribution in [2.24, 2.45) is 5.92 Å². The second-order valence-corrected chi connectivity index (χ2v) is 8.59. The molecule has 0 radical (unpaired) electrons. The van der Waals surface area contributed by atoms with Gasteiger partial charge in [-0.15, -0.1) is 0 Å². The smallest absolute Gasteiger partial charge is 0.161 e. The fraction of sp³-hybridized carbons (Fsp3) is 0.520. The van der Waals surface area contributed by atoms with E-state index in [-0.39, 0.29) is 6.61 Å². The fourth-order valence-corrected chi connectivity index (χ4v) is 3.97. The van der Waals surface area contributed by atoms with Gasteiger partial charge in [0.1, 0.15) is 12.7 Å². The normalized spacial score (nSPS) is 16.6. The van der Waals surface area contributed by atoms with Gasteiger partial charge in [0.25, 0.3) is 0 Å². The summed E-state index contributed by atoms with van der Waals surface area (Å²) in [6.45, 7) is 7.13. The summed E-state index contributed by atoms with van der Waals surface area (Å²) in [7, 11) is 3.66. The zero-order valence-corrected chi connectivity index (χ0v) is 18.6. The molecular weight excluding hydrogens is 376 g/mol. The molecule has 0 unspecified atom stereocenters. The molecule has 1 aliphatic heterocycles. The van der Waals surface area contributed by atoms with Crippen molar-refractivity contribution in [3.05, 3.63) is 59.7 Å². The van der Waals surface area contributed by atoms with Gasteiger partial charge in [0, 0.05) is 19.6 Å². The van der Waals surface area contributed by atoms with Crippen LogP contribution >= 0.6 is 0 Å². The number of likely N-dealkylation sites (N-methyl/N-ethyl adjacent to an activating group) is 1. The summed E-state index contributed by atoms with van der Waals surface area (Å²) in [6, 6.07) is 16.4. The van der Waals surface area contributed by atoms with Crippen molar-refractivity contribution >= 4 is 0 Å². The molecule has 0 bridgehead atoms. The highest BCUT2D eigenvalue weighted by Crippen LogP contribution is 2.29. The van der Waals surface area contributed by atoms with E-state index in [4.69, 9.17) is 9.47 Å². The third kappa shape index (κ3) is 7.01. The van der Waals surface area contributed by atoms with Crippen molar-refractivity contribution in [3.8, 4) is 11.5 Å². The van der Waals surface area contributed by atoms with E-state index in [1.807, 2.05) is 31.3 Å². The van der Waals surface area contributed by atoms with Gasteiger partial charge in [-0.3, -0.25) is 9.80 Å². The Kier molecular flexibility index (Phi) is 8.55. The molecule has 30 heavy (non-hydrogen) atoms. The summed E-state index contributed by atoms with van der Waals surface area (Å²) in [4.78, 5) is 4.60. The Morgan fingerprint density at radius 1 is 1.07 bits per heavy atom. The van der Waals surface area contributed by atoms with Crippen LogP contribution < -0.4 is 9.47 Å². The highest BCUT2D eigenvalue weighted by molar-refractivity contribution is 5.43. The molecule has 1 aliphatic rings. The number of piperidine rings is 1. The first-order valence-corrected chi connectivity index (χ1v) is 11.0. The van der Waals surface area contributed by atoms with Gasteiger partial charge in [-0.05, 0) is 62.2 Å². The Labute approximate surface area is 181 Å². The maximum atomic E-state index is 10.5. The zero-order chi connectivity index (χ0) is 21.3. The first-order valence-electron chi connectivity index (χ1n) is 11.0. The first kappa shape index (κ1) is 22.6. The predicted octanol–water partition coefficient (Wildman–Crippen LogP) is 3.80. The minimum Gasteiger partial charge on any atom is -0.493 e. The summed E-state index contributed by atoms with van der Waals surface area (Å²) < 4.78 is 11.4. The molecule has 0 spiro atoms. The van der Waals surface area contributed by atoms with Crippen LogP contribution in [0, 0.1) is 5.92 Å². The third-order valence-electron chi connectivity index (χ3n) is 5.76. The topological polar surface area (TPSA) is 45.2 Å². The van der Waals surface area contributed by atoms with Crippen LogP contribution in [0.25, 0.3) is 0 Å². The van der Waals surface area contributed by atoms with Crippen molar-refractivity contribution in [1.82, 2.24) is 9.80 Å². The molecule has 1 atom stereocenters. The summed E-state index contributed by atoms with van der Waals surface area (Å²) in [5.74, 6) is 2.23. The van der Waals surface area contributed by atoms with E-state index in [2.05, 4.69) is 41.0 Å². The lowest BCUT2D eigenvalue weighted by Gasteiger charge is -2.30. The molecule has 1 saturated heterocycles. The van der Waals surface area contributed by atoms with Crippen LogP contribution in [0.2, 0.25) is 0 Å². The van der Waals surface area contributed by atoms with E-state index in [1.165, 1.54) is 24.0 Å². The number of hydrogen-bond donors (Lipinski definition) is 1. The number of methoxy groups -OCH3 is 1. The van der Waals surface area contributed by atoms with Gasteiger partial charge in [-0.1, -0.05) is 43.3 Å². The molecule has 1 heterocycles. The van der Waals surface area contributed by atoms with E-state index in [1.54, 1.807) is 7.11 Å². The van der Waals surface area contributed by atoms with Crippen LogP contribution in [0.15, 0.2) is 48.5 Å². The molecule has 3 rings (SSSR count). The van der Waals surface area contributed by atoms with E-state index in [0.29, 0.717) is 18.0 Å². The lowest BCUT2D eigenvalue weighted by atomic mass is 9.99. The van der Waals surface area contributed by atoms with Gasteiger partial charge < -0.3 is 14.6 Å². The standard InChI is InChI=1S/C25H36N2O3/c1-20-11-13-27(14-12-20)17-22-9-10-24(29-3)25(15-22)30-19-23(28)18-26(2)16-21-7-5-4-6-8-21/h4-10,15,20,23,28H,11-14,16-19H2,1-3H3/t23-/m1/s1. The van der Waals surface area contributed by atoms with Crippen LogP contribution in [-0.4, -0.2) is 61.4 Å². The molecule has 5 nitrogen and oxygen atoms in total. The minimum atomic E-state index is -0.573. The van der Waals surface area contributed by atoms with E-state index in [0.717, 1.165) is 32.1 Å². The molecule has 1 fully saturated rings. The van der Waals surface area contributed by atoms with Crippen LogP contribution in [-0.2, 0) is 13.1 Å². The van der Waals surface area contributed by atoms with Crippen molar-refractivity contribution in [1.29, 1.82) is 0 Å². The number of aliphatic hydroxyl groups excluding tert-OH is 1. The zero-order valence-electron chi connectivity index (χ0n) is 18.6. The highest BCUT2D eigenvalue weighted by Gasteiger charge is 2.17. The van der Waals surface area contributed by atoms with E-state index < -0.39 is 6.10 Å². The molecule has 1 N–H and O–H groups in total. The second-order valence-electron chi connectivity index (χ2n) is 8.59. The number of ether oxygens (including phenoxy) is 2. The van der Waals surface area contributed by atoms with Gasteiger partial charge in [0.2, 0.25) is 0 Å².